The number of aryl methyl sites for hydroxylation is 1. The van der Waals surface area contributed by atoms with Crippen LogP contribution in [0.4, 0.5) is 0 Å². The summed E-state index contributed by atoms with van der Waals surface area (Å²) in [6.45, 7) is 1.75. The first kappa shape index (κ1) is 19.1. The Kier molecular flexibility index (Phi) is 5.57. The van der Waals surface area contributed by atoms with E-state index in [1.54, 1.807) is 36.7 Å². The van der Waals surface area contributed by atoms with E-state index in [9.17, 15) is 9.59 Å². The van der Waals surface area contributed by atoms with Gasteiger partial charge in [-0.2, -0.15) is 0 Å². The van der Waals surface area contributed by atoms with Crippen LogP contribution in [0.3, 0.4) is 0 Å². The van der Waals surface area contributed by atoms with Crippen LogP contribution in [0.2, 0.25) is 10.0 Å². The lowest BCUT2D eigenvalue weighted by atomic mass is 10.1. The predicted octanol–water partition coefficient (Wildman–Crippen LogP) is 2.29. The monoisotopic (exact) mass is 406 g/mol. The van der Waals surface area contributed by atoms with Gasteiger partial charge in [-0.15, -0.1) is 10.2 Å². The summed E-state index contributed by atoms with van der Waals surface area (Å²) in [5.74, 6) is 0.368. The highest BCUT2D eigenvalue weighted by Gasteiger charge is 2.18. The standard InChI is InChI=1S/C17H16Cl2N6O2/c1-9(15-24-21-8-25(15)2)22-16(26)11-7-20-14(23-17(11)27)6-10-12(18)4-3-5-13(10)19/h3-5,7-9H,6H2,1-2H3,(H,22,26)(H,20,23,27)/t9-/m0/s1. The lowest BCUT2D eigenvalue weighted by Crippen LogP contribution is -2.33. The fourth-order valence-electron chi connectivity index (χ4n) is 2.58. The molecule has 0 fully saturated rings. The summed E-state index contributed by atoms with van der Waals surface area (Å²) in [5.41, 5.74) is 0.000884. The van der Waals surface area contributed by atoms with Crippen molar-refractivity contribution in [3.63, 3.8) is 0 Å². The van der Waals surface area contributed by atoms with Gasteiger partial charge in [-0.05, 0) is 24.6 Å². The van der Waals surface area contributed by atoms with Crippen molar-refractivity contribution in [2.75, 3.05) is 0 Å². The predicted molar refractivity (Wildman–Crippen MR) is 101 cm³/mol. The Morgan fingerprint density at radius 2 is 2.04 bits per heavy atom. The lowest BCUT2D eigenvalue weighted by molar-refractivity contribution is 0.0935. The van der Waals surface area contributed by atoms with E-state index in [0.29, 0.717) is 27.3 Å². The number of aromatic amines is 1. The number of aromatic nitrogens is 5. The topological polar surface area (TPSA) is 106 Å². The number of H-pyrrole nitrogens is 1. The molecule has 0 unspecified atom stereocenters. The van der Waals surface area contributed by atoms with E-state index >= 15 is 0 Å². The van der Waals surface area contributed by atoms with Crippen molar-refractivity contribution in [2.45, 2.75) is 19.4 Å². The number of hydrogen-bond acceptors (Lipinski definition) is 5. The number of carbonyl (C=O) groups is 1. The molecule has 140 valence electrons. The van der Waals surface area contributed by atoms with Crippen LogP contribution in [0.25, 0.3) is 0 Å². The van der Waals surface area contributed by atoms with E-state index in [-0.39, 0.29) is 12.0 Å². The number of rotatable bonds is 5. The number of benzene rings is 1. The zero-order valence-corrected chi connectivity index (χ0v) is 16.0. The van der Waals surface area contributed by atoms with Crippen LogP contribution >= 0.6 is 23.2 Å². The molecule has 1 amide bonds. The summed E-state index contributed by atoms with van der Waals surface area (Å²) in [7, 11) is 1.76. The number of amides is 1. The van der Waals surface area contributed by atoms with E-state index in [4.69, 9.17) is 23.2 Å². The molecular formula is C17H16Cl2N6O2. The van der Waals surface area contributed by atoms with Crippen molar-refractivity contribution in [3.05, 3.63) is 73.9 Å². The summed E-state index contributed by atoms with van der Waals surface area (Å²) in [6.07, 6.45) is 3.00. The Morgan fingerprint density at radius 1 is 1.33 bits per heavy atom. The van der Waals surface area contributed by atoms with Crippen LogP contribution in [-0.4, -0.2) is 30.6 Å². The van der Waals surface area contributed by atoms with E-state index in [1.165, 1.54) is 12.5 Å². The number of halogens is 2. The van der Waals surface area contributed by atoms with Gasteiger partial charge >= 0.3 is 0 Å². The molecule has 2 N–H and O–H groups in total. The quantitative estimate of drug-likeness (QED) is 0.675. The molecule has 0 radical (unpaired) electrons. The second-order valence-corrected chi connectivity index (χ2v) is 6.76. The first-order chi connectivity index (χ1) is 12.9. The molecule has 0 saturated heterocycles. The molecule has 1 atom stereocenters. The summed E-state index contributed by atoms with van der Waals surface area (Å²) in [6, 6.07) is 4.72. The van der Waals surface area contributed by atoms with Crippen molar-refractivity contribution in [2.24, 2.45) is 7.05 Å². The maximum atomic E-state index is 12.4. The molecule has 1 aromatic carbocycles. The van der Waals surface area contributed by atoms with Crippen molar-refractivity contribution in [1.82, 2.24) is 30.0 Å². The molecular weight excluding hydrogens is 391 g/mol. The second kappa shape index (κ2) is 7.89. The highest BCUT2D eigenvalue weighted by molar-refractivity contribution is 6.36. The van der Waals surface area contributed by atoms with Gasteiger partial charge in [0.25, 0.3) is 11.5 Å². The Balaban J connectivity index is 1.77. The van der Waals surface area contributed by atoms with Crippen LogP contribution < -0.4 is 10.9 Å². The zero-order chi connectivity index (χ0) is 19.6. The van der Waals surface area contributed by atoms with Crippen LogP contribution in [0.1, 0.15) is 40.5 Å². The third-order valence-electron chi connectivity index (χ3n) is 3.98. The molecule has 0 aliphatic heterocycles. The fraction of sp³-hybridized carbons (Fsp3) is 0.235. The summed E-state index contributed by atoms with van der Waals surface area (Å²) in [4.78, 5) is 31.5. The van der Waals surface area contributed by atoms with E-state index in [2.05, 4.69) is 25.5 Å². The van der Waals surface area contributed by atoms with Gasteiger partial charge in [0.1, 0.15) is 17.7 Å². The average Bonchev–Trinajstić information content (AvgIpc) is 3.04. The first-order valence-electron chi connectivity index (χ1n) is 8.02. The summed E-state index contributed by atoms with van der Waals surface area (Å²) >= 11 is 12.3. The van der Waals surface area contributed by atoms with Crippen LogP contribution in [0, 0.1) is 0 Å². The summed E-state index contributed by atoms with van der Waals surface area (Å²) in [5, 5.41) is 11.4. The number of hydrogen-bond donors (Lipinski definition) is 2. The summed E-state index contributed by atoms with van der Waals surface area (Å²) < 4.78 is 1.68. The molecule has 0 aliphatic carbocycles. The van der Waals surface area contributed by atoms with Crippen molar-refractivity contribution >= 4 is 29.1 Å². The van der Waals surface area contributed by atoms with Gasteiger partial charge in [0.2, 0.25) is 0 Å². The molecule has 3 aromatic rings. The molecule has 0 bridgehead atoms. The maximum absolute atomic E-state index is 12.4. The molecule has 10 heteroatoms. The van der Waals surface area contributed by atoms with Crippen LogP contribution in [-0.2, 0) is 13.5 Å². The average molecular weight is 407 g/mol. The van der Waals surface area contributed by atoms with Gasteiger partial charge < -0.3 is 14.9 Å². The van der Waals surface area contributed by atoms with E-state index in [0.717, 1.165) is 0 Å². The van der Waals surface area contributed by atoms with Crippen molar-refractivity contribution in [3.8, 4) is 0 Å². The molecule has 0 aliphatic rings. The molecule has 0 saturated carbocycles. The smallest absolute Gasteiger partial charge is 0.263 e. The molecule has 0 spiro atoms. The van der Waals surface area contributed by atoms with Gasteiger partial charge in [0, 0.05) is 29.7 Å². The Labute approximate surface area is 164 Å². The molecule has 3 rings (SSSR count). The Morgan fingerprint density at radius 3 is 2.63 bits per heavy atom. The Hall–Kier alpha value is -2.71. The van der Waals surface area contributed by atoms with Crippen molar-refractivity contribution in [1.29, 1.82) is 0 Å². The molecule has 8 nitrogen and oxygen atoms in total. The molecule has 2 heterocycles. The van der Waals surface area contributed by atoms with Gasteiger partial charge in [-0.1, -0.05) is 29.3 Å². The molecule has 2 aromatic heterocycles. The zero-order valence-electron chi connectivity index (χ0n) is 14.5. The van der Waals surface area contributed by atoms with Crippen molar-refractivity contribution < 1.29 is 4.79 Å². The van der Waals surface area contributed by atoms with Gasteiger partial charge in [-0.3, -0.25) is 9.59 Å². The van der Waals surface area contributed by atoms with Crippen LogP contribution in [0.15, 0.2) is 35.5 Å². The minimum atomic E-state index is -0.554. The number of carbonyl (C=O) groups excluding carboxylic acids is 1. The van der Waals surface area contributed by atoms with E-state index in [1.807, 2.05) is 0 Å². The van der Waals surface area contributed by atoms with Crippen LogP contribution in [0.5, 0.6) is 0 Å². The highest BCUT2D eigenvalue weighted by Crippen LogP contribution is 2.25. The van der Waals surface area contributed by atoms with Gasteiger partial charge in [0.05, 0.1) is 6.04 Å². The minimum absolute atomic E-state index is 0.0991. The SMILES string of the molecule is C[C@H](NC(=O)c1cnc(Cc2c(Cl)cccc2Cl)[nH]c1=O)c1nncn1C. The second-order valence-electron chi connectivity index (χ2n) is 5.94. The van der Waals surface area contributed by atoms with E-state index < -0.39 is 17.5 Å². The Bertz CT molecular complexity index is 1030. The number of nitrogens with one attached hydrogen (secondary N) is 2. The first-order valence-corrected chi connectivity index (χ1v) is 8.78. The minimum Gasteiger partial charge on any atom is -0.342 e. The third kappa shape index (κ3) is 4.17. The fourth-order valence-corrected chi connectivity index (χ4v) is 3.11. The number of nitrogens with zero attached hydrogens (tertiary/aromatic N) is 4. The lowest BCUT2D eigenvalue weighted by Gasteiger charge is -2.12. The normalized spacial score (nSPS) is 12.0. The maximum Gasteiger partial charge on any atom is 0.263 e. The highest BCUT2D eigenvalue weighted by atomic mass is 35.5. The largest absolute Gasteiger partial charge is 0.342 e. The molecule has 27 heavy (non-hydrogen) atoms. The third-order valence-corrected chi connectivity index (χ3v) is 4.69. The van der Waals surface area contributed by atoms with Gasteiger partial charge in [-0.25, -0.2) is 4.98 Å². The van der Waals surface area contributed by atoms with Gasteiger partial charge in [0.15, 0.2) is 5.82 Å².